The highest BCUT2D eigenvalue weighted by Crippen LogP contribution is 2.32. The zero-order valence-electron chi connectivity index (χ0n) is 20.7. The number of aromatic nitrogens is 3. The van der Waals surface area contributed by atoms with E-state index in [0.29, 0.717) is 11.5 Å². The Labute approximate surface area is 196 Å². The number of fused-ring (bicyclic) bond motifs is 1. The van der Waals surface area contributed by atoms with Gasteiger partial charge in [-0.15, -0.1) is 0 Å². The molecule has 1 amide bonds. The topological polar surface area (TPSA) is 83.5 Å². The van der Waals surface area contributed by atoms with Gasteiger partial charge in [-0.3, -0.25) is 9.78 Å². The average Bonchev–Trinajstić information content (AvgIpc) is 3.39. The van der Waals surface area contributed by atoms with Crippen LogP contribution >= 0.6 is 0 Å². The summed E-state index contributed by atoms with van der Waals surface area (Å²) in [6.45, 7) is 9.85. The Morgan fingerprint density at radius 2 is 2.09 bits per heavy atom. The van der Waals surface area contributed by atoms with Crippen molar-refractivity contribution >= 4 is 11.7 Å². The predicted molar refractivity (Wildman–Crippen MR) is 130 cm³/mol. The summed E-state index contributed by atoms with van der Waals surface area (Å²) in [6, 6.07) is 3.45. The van der Waals surface area contributed by atoms with Crippen molar-refractivity contribution in [1.29, 1.82) is 0 Å². The number of likely N-dealkylation sites (tertiary alicyclic amines) is 1. The fourth-order valence-electron chi connectivity index (χ4n) is 4.44. The van der Waals surface area contributed by atoms with Crippen LogP contribution < -0.4 is 15.0 Å². The minimum Gasteiger partial charge on any atom is -0.489 e. The van der Waals surface area contributed by atoms with E-state index < -0.39 is 0 Å². The lowest BCUT2D eigenvalue weighted by Gasteiger charge is -2.30. The smallest absolute Gasteiger partial charge is 0.242 e. The van der Waals surface area contributed by atoms with E-state index in [1.807, 2.05) is 51.8 Å². The first-order valence-corrected chi connectivity index (χ1v) is 11.9. The summed E-state index contributed by atoms with van der Waals surface area (Å²) in [5, 5.41) is 3.07. The van der Waals surface area contributed by atoms with Crippen LogP contribution in [0, 0.1) is 0 Å². The molecule has 33 heavy (non-hydrogen) atoms. The fraction of sp³-hybridized carbons (Fsp3) is 0.600. The fourth-order valence-corrected chi connectivity index (χ4v) is 4.44. The number of nitrogens with zero attached hydrogens (tertiary/aromatic N) is 5. The van der Waals surface area contributed by atoms with E-state index in [4.69, 9.17) is 14.7 Å². The second-order valence-electron chi connectivity index (χ2n) is 10.3. The van der Waals surface area contributed by atoms with Crippen LogP contribution in [-0.4, -0.2) is 70.6 Å². The molecule has 2 aromatic rings. The lowest BCUT2D eigenvalue weighted by molar-refractivity contribution is -0.123. The molecule has 2 aromatic heterocycles. The summed E-state index contributed by atoms with van der Waals surface area (Å²) in [6.07, 6.45) is 5.85. The molecule has 3 heterocycles. The summed E-state index contributed by atoms with van der Waals surface area (Å²) >= 11 is 0. The number of ether oxygens (including phenoxy) is 1. The molecule has 2 atom stereocenters. The van der Waals surface area contributed by atoms with Gasteiger partial charge in [-0.1, -0.05) is 0 Å². The zero-order chi connectivity index (χ0) is 23.8. The Balaban J connectivity index is 1.61. The third-order valence-corrected chi connectivity index (χ3v) is 6.32. The number of hydrogen-bond donors (Lipinski definition) is 1. The van der Waals surface area contributed by atoms with Gasteiger partial charge >= 0.3 is 0 Å². The van der Waals surface area contributed by atoms with Crippen LogP contribution in [0.3, 0.4) is 0 Å². The maximum atomic E-state index is 12.8. The first-order chi connectivity index (χ1) is 15.6. The van der Waals surface area contributed by atoms with Crippen molar-refractivity contribution in [2.45, 2.75) is 71.1 Å². The minimum atomic E-state index is -0.362. The summed E-state index contributed by atoms with van der Waals surface area (Å²) in [5.41, 5.74) is 2.59. The van der Waals surface area contributed by atoms with E-state index in [1.54, 1.807) is 6.20 Å². The SMILES string of the molecule is CC(C(=O)NC(C)(C)C)N(C)c1nc(-c2cc(OC3CCN(C)C3)ccn2)nc2c1CCC2. The van der Waals surface area contributed by atoms with Crippen LogP contribution in [0.2, 0.25) is 0 Å². The molecule has 1 aliphatic heterocycles. The van der Waals surface area contributed by atoms with Gasteiger partial charge in [-0.25, -0.2) is 9.97 Å². The Kier molecular flexibility index (Phi) is 6.56. The number of hydrogen-bond acceptors (Lipinski definition) is 7. The normalized spacial score (nSPS) is 19.3. The minimum absolute atomic E-state index is 0.0213. The van der Waals surface area contributed by atoms with Gasteiger partial charge in [0.05, 0.1) is 0 Å². The first-order valence-electron chi connectivity index (χ1n) is 11.9. The van der Waals surface area contributed by atoms with E-state index in [9.17, 15) is 4.79 Å². The molecular weight excluding hydrogens is 416 g/mol. The van der Waals surface area contributed by atoms with E-state index in [2.05, 4.69) is 22.2 Å². The van der Waals surface area contributed by atoms with Crippen molar-refractivity contribution in [3.8, 4) is 17.3 Å². The quantitative estimate of drug-likeness (QED) is 0.722. The van der Waals surface area contributed by atoms with Crippen molar-refractivity contribution in [3.63, 3.8) is 0 Å². The predicted octanol–water partition coefficient (Wildman–Crippen LogP) is 2.85. The van der Waals surface area contributed by atoms with Crippen molar-refractivity contribution in [2.75, 3.05) is 32.1 Å². The molecule has 0 aromatic carbocycles. The number of carbonyl (C=O) groups is 1. The second-order valence-corrected chi connectivity index (χ2v) is 10.3. The average molecular weight is 453 g/mol. The van der Waals surface area contributed by atoms with Crippen LogP contribution in [0.25, 0.3) is 11.5 Å². The first kappa shape index (κ1) is 23.4. The molecule has 0 bridgehead atoms. The second kappa shape index (κ2) is 9.25. The molecule has 0 radical (unpaired) electrons. The third-order valence-electron chi connectivity index (χ3n) is 6.32. The van der Waals surface area contributed by atoms with Crippen molar-refractivity contribution in [1.82, 2.24) is 25.2 Å². The third kappa shape index (κ3) is 5.43. The highest BCUT2D eigenvalue weighted by atomic mass is 16.5. The molecule has 2 aliphatic rings. The Bertz CT molecular complexity index is 1020. The molecule has 1 fully saturated rings. The molecule has 0 spiro atoms. The van der Waals surface area contributed by atoms with Gasteiger partial charge in [0, 0.05) is 49.2 Å². The van der Waals surface area contributed by atoms with E-state index >= 15 is 0 Å². The number of nitrogens with one attached hydrogen (secondary N) is 1. The maximum absolute atomic E-state index is 12.8. The number of amides is 1. The van der Waals surface area contributed by atoms with Crippen molar-refractivity contribution < 1.29 is 9.53 Å². The van der Waals surface area contributed by atoms with Crippen molar-refractivity contribution in [2.24, 2.45) is 0 Å². The van der Waals surface area contributed by atoms with Crippen LogP contribution in [0.1, 0.15) is 51.8 Å². The lowest BCUT2D eigenvalue weighted by atomic mass is 10.1. The van der Waals surface area contributed by atoms with E-state index in [-0.39, 0.29) is 23.6 Å². The van der Waals surface area contributed by atoms with Crippen LogP contribution in [0.5, 0.6) is 5.75 Å². The number of carbonyl (C=O) groups excluding carboxylic acids is 1. The van der Waals surface area contributed by atoms with Gasteiger partial charge in [-0.05, 0) is 66.5 Å². The Morgan fingerprint density at radius 3 is 2.79 bits per heavy atom. The van der Waals surface area contributed by atoms with Gasteiger partial charge in [0.15, 0.2) is 5.82 Å². The van der Waals surface area contributed by atoms with Crippen molar-refractivity contribution in [3.05, 3.63) is 29.6 Å². The monoisotopic (exact) mass is 452 g/mol. The molecule has 4 rings (SSSR count). The summed E-state index contributed by atoms with van der Waals surface area (Å²) in [5.74, 6) is 2.16. The van der Waals surface area contributed by atoms with Crippen LogP contribution in [0.15, 0.2) is 18.3 Å². The molecule has 1 N–H and O–H groups in total. The molecule has 8 nitrogen and oxygen atoms in total. The van der Waals surface area contributed by atoms with E-state index in [1.165, 1.54) is 0 Å². The number of likely N-dealkylation sites (N-methyl/N-ethyl adjacent to an activating group) is 2. The maximum Gasteiger partial charge on any atom is 0.242 e. The van der Waals surface area contributed by atoms with Crippen LogP contribution in [-0.2, 0) is 17.6 Å². The number of rotatable bonds is 6. The summed E-state index contributed by atoms with van der Waals surface area (Å²) in [7, 11) is 4.04. The molecule has 178 valence electrons. The van der Waals surface area contributed by atoms with Gasteiger partial charge in [0.1, 0.15) is 29.4 Å². The molecule has 1 aliphatic carbocycles. The van der Waals surface area contributed by atoms with E-state index in [0.717, 1.165) is 61.6 Å². The molecule has 1 saturated heterocycles. The van der Waals surface area contributed by atoms with Gasteiger partial charge in [0.2, 0.25) is 5.91 Å². The number of aryl methyl sites for hydroxylation is 1. The number of anilines is 1. The molecule has 0 saturated carbocycles. The summed E-state index contributed by atoms with van der Waals surface area (Å²) in [4.78, 5) is 31.4. The van der Waals surface area contributed by atoms with Gasteiger partial charge in [-0.2, -0.15) is 0 Å². The Hall–Kier alpha value is -2.74. The zero-order valence-corrected chi connectivity index (χ0v) is 20.7. The van der Waals surface area contributed by atoms with Gasteiger partial charge < -0.3 is 19.9 Å². The number of pyridine rings is 1. The Morgan fingerprint density at radius 1 is 1.30 bits per heavy atom. The largest absolute Gasteiger partial charge is 0.489 e. The molecule has 2 unspecified atom stereocenters. The highest BCUT2D eigenvalue weighted by molar-refractivity contribution is 5.85. The standard InChI is InChI=1S/C25H36N6O2/c1-16(24(32)29-25(2,3)4)31(6)23-19-8-7-9-20(19)27-22(28-23)21-14-17(10-12-26-21)33-18-11-13-30(5)15-18/h10,12,14,16,18H,7-9,11,13,15H2,1-6H3,(H,29,32). The van der Waals surface area contributed by atoms with Gasteiger partial charge in [0.25, 0.3) is 0 Å². The lowest BCUT2D eigenvalue weighted by Crippen LogP contribution is -2.50. The molecular formula is C25H36N6O2. The van der Waals surface area contributed by atoms with Crippen LogP contribution in [0.4, 0.5) is 5.82 Å². The molecule has 8 heteroatoms. The summed E-state index contributed by atoms with van der Waals surface area (Å²) < 4.78 is 6.19. The highest BCUT2D eigenvalue weighted by Gasteiger charge is 2.29.